The molecule has 0 aromatic heterocycles. The predicted molar refractivity (Wildman–Crippen MR) is 72.1 cm³/mol. The van der Waals surface area contributed by atoms with Gasteiger partial charge in [0, 0.05) is 23.7 Å². The Hall–Kier alpha value is -1.82. The smallest absolute Gasteiger partial charge is 0.0992 e. The van der Waals surface area contributed by atoms with Crippen molar-refractivity contribution in [2.75, 3.05) is 0 Å². The molecule has 0 saturated heterocycles. The summed E-state index contributed by atoms with van der Waals surface area (Å²) in [6, 6.07) is 13.8. The van der Waals surface area contributed by atoms with Crippen LogP contribution in [-0.4, -0.2) is 0 Å². The van der Waals surface area contributed by atoms with Gasteiger partial charge in [0.15, 0.2) is 0 Å². The normalized spacial score (nSPS) is 13.1. The largest absolute Gasteiger partial charge is 0.309 e. The first-order valence-electron chi connectivity index (χ1n) is 5.81. The van der Waals surface area contributed by atoms with Gasteiger partial charge in [-0.1, -0.05) is 35.9 Å². The standard InChI is InChI=1S/C15H11ClN2/c16-15-6-10(7-17)4-5-13(15)12-3-1-2-11-8-18-9-14(11)12/h1-6,18H,8-9H2. The molecule has 88 valence electrons. The maximum atomic E-state index is 8.86. The van der Waals surface area contributed by atoms with Crippen LogP contribution in [-0.2, 0) is 13.1 Å². The van der Waals surface area contributed by atoms with Gasteiger partial charge in [0.25, 0.3) is 0 Å². The number of fused-ring (bicyclic) bond motifs is 1. The number of nitrogens with zero attached hydrogens (tertiary/aromatic N) is 1. The predicted octanol–water partition coefficient (Wildman–Crippen LogP) is 3.48. The maximum absolute atomic E-state index is 8.86. The lowest BCUT2D eigenvalue weighted by molar-refractivity contribution is 0.765. The molecule has 0 radical (unpaired) electrons. The second kappa shape index (κ2) is 4.45. The van der Waals surface area contributed by atoms with Crippen molar-refractivity contribution in [2.45, 2.75) is 13.1 Å². The molecule has 0 amide bonds. The highest BCUT2D eigenvalue weighted by atomic mass is 35.5. The topological polar surface area (TPSA) is 35.8 Å². The van der Waals surface area contributed by atoms with Crippen LogP contribution < -0.4 is 5.32 Å². The van der Waals surface area contributed by atoms with E-state index < -0.39 is 0 Å². The summed E-state index contributed by atoms with van der Waals surface area (Å²) in [7, 11) is 0. The zero-order valence-corrected chi connectivity index (χ0v) is 10.5. The Balaban J connectivity index is 2.17. The zero-order chi connectivity index (χ0) is 12.5. The second-order valence-electron chi connectivity index (χ2n) is 4.35. The van der Waals surface area contributed by atoms with Gasteiger partial charge in [0.1, 0.15) is 0 Å². The van der Waals surface area contributed by atoms with Crippen LogP contribution in [0.4, 0.5) is 0 Å². The minimum absolute atomic E-state index is 0.592. The quantitative estimate of drug-likeness (QED) is 0.846. The van der Waals surface area contributed by atoms with Gasteiger partial charge in [-0.3, -0.25) is 0 Å². The van der Waals surface area contributed by atoms with Crippen LogP contribution in [0, 0.1) is 11.3 Å². The third kappa shape index (κ3) is 1.78. The number of nitrogens with one attached hydrogen (secondary N) is 1. The molecule has 3 heteroatoms. The Morgan fingerprint density at radius 2 is 2.00 bits per heavy atom. The summed E-state index contributed by atoms with van der Waals surface area (Å²) >= 11 is 6.27. The molecule has 2 aromatic carbocycles. The van der Waals surface area contributed by atoms with Crippen LogP contribution in [0.1, 0.15) is 16.7 Å². The number of rotatable bonds is 1. The fourth-order valence-corrected chi connectivity index (χ4v) is 2.67. The van der Waals surface area contributed by atoms with Gasteiger partial charge in [0.05, 0.1) is 11.6 Å². The van der Waals surface area contributed by atoms with Gasteiger partial charge in [-0.25, -0.2) is 0 Å². The van der Waals surface area contributed by atoms with Crippen molar-refractivity contribution in [2.24, 2.45) is 0 Å². The Morgan fingerprint density at radius 3 is 2.78 bits per heavy atom. The number of hydrogen-bond donors (Lipinski definition) is 1. The van der Waals surface area contributed by atoms with Crippen LogP contribution >= 0.6 is 11.6 Å². The van der Waals surface area contributed by atoms with Gasteiger partial charge in [-0.05, 0) is 28.8 Å². The van der Waals surface area contributed by atoms with E-state index in [2.05, 4.69) is 29.6 Å². The third-order valence-corrected chi connectivity index (χ3v) is 3.59. The molecule has 2 nitrogen and oxygen atoms in total. The molecule has 0 bridgehead atoms. The molecular weight excluding hydrogens is 244 g/mol. The molecule has 0 fully saturated rings. The van der Waals surface area contributed by atoms with E-state index in [0.717, 1.165) is 24.2 Å². The first-order chi connectivity index (χ1) is 8.79. The van der Waals surface area contributed by atoms with Crippen LogP contribution in [0.15, 0.2) is 36.4 Å². The Kier molecular flexibility index (Phi) is 2.79. The number of hydrogen-bond acceptors (Lipinski definition) is 2. The van der Waals surface area contributed by atoms with E-state index in [0.29, 0.717) is 10.6 Å². The summed E-state index contributed by atoms with van der Waals surface area (Å²) in [6.45, 7) is 1.79. The molecule has 1 heterocycles. The summed E-state index contributed by atoms with van der Waals surface area (Å²) < 4.78 is 0. The molecule has 1 aliphatic heterocycles. The zero-order valence-electron chi connectivity index (χ0n) is 9.70. The van der Waals surface area contributed by atoms with Gasteiger partial charge in [0.2, 0.25) is 0 Å². The SMILES string of the molecule is N#Cc1ccc(-c2cccc3c2CNC3)c(Cl)c1. The van der Waals surface area contributed by atoms with E-state index >= 15 is 0 Å². The number of benzene rings is 2. The second-order valence-corrected chi connectivity index (χ2v) is 4.76. The molecular formula is C15H11ClN2. The van der Waals surface area contributed by atoms with Gasteiger partial charge < -0.3 is 5.32 Å². The van der Waals surface area contributed by atoms with Crippen molar-refractivity contribution in [1.82, 2.24) is 5.32 Å². The van der Waals surface area contributed by atoms with Crippen molar-refractivity contribution >= 4 is 11.6 Å². The van der Waals surface area contributed by atoms with Crippen molar-refractivity contribution < 1.29 is 0 Å². The molecule has 0 saturated carbocycles. The van der Waals surface area contributed by atoms with Crippen LogP contribution in [0.3, 0.4) is 0 Å². The van der Waals surface area contributed by atoms with Crippen molar-refractivity contribution in [3.05, 3.63) is 58.1 Å². The summed E-state index contributed by atoms with van der Waals surface area (Å²) in [4.78, 5) is 0. The highest BCUT2D eigenvalue weighted by Gasteiger charge is 2.16. The first-order valence-corrected chi connectivity index (χ1v) is 6.19. The molecule has 18 heavy (non-hydrogen) atoms. The summed E-state index contributed by atoms with van der Waals surface area (Å²) in [5, 5.41) is 12.8. The molecule has 0 unspecified atom stereocenters. The Labute approximate surface area is 111 Å². The molecule has 1 N–H and O–H groups in total. The fourth-order valence-electron chi connectivity index (χ4n) is 2.39. The lowest BCUT2D eigenvalue weighted by Gasteiger charge is -2.10. The highest BCUT2D eigenvalue weighted by Crippen LogP contribution is 2.34. The molecule has 3 rings (SSSR count). The summed E-state index contributed by atoms with van der Waals surface area (Å²) in [5.41, 5.74) is 5.38. The van der Waals surface area contributed by atoms with E-state index in [4.69, 9.17) is 16.9 Å². The van der Waals surface area contributed by atoms with E-state index in [1.807, 2.05) is 12.1 Å². The van der Waals surface area contributed by atoms with Gasteiger partial charge in [-0.2, -0.15) is 5.26 Å². The minimum Gasteiger partial charge on any atom is -0.309 e. The molecule has 0 aliphatic carbocycles. The Bertz CT molecular complexity index is 656. The lowest BCUT2D eigenvalue weighted by Crippen LogP contribution is -2.00. The number of halogens is 1. The molecule has 2 aromatic rings. The van der Waals surface area contributed by atoms with Crippen LogP contribution in [0.5, 0.6) is 0 Å². The van der Waals surface area contributed by atoms with Gasteiger partial charge in [-0.15, -0.1) is 0 Å². The molecule has 0 spiro atoms. The Morgan fingerprint density at radius 1 is 1.11 bits per heavy atom. The monoisotopic (exact) mass is 254 g/mol. The van der Waals surface area contributed by atoms with Crippen LogP contribution in [0.25, 0.3) is 11.1 Å². The maximum Gasteiger partial charge on any atom is 0.0992 e. The fraction of sp³-hybridized carbons (Fsp3) is 0.133. The average Bonchev–Trinajstić information content (AvgIpc) is 2.87. The van der Waals surface area contributed by atoms with Gasteiger partial charge >= 0.3 is 0 Å². The molecule has 1 aliphatic rings. The molecule has 0 atom stereocenters. The summed E-state index contributed by atoms with van der Waals surface area (Å²) in [5.74, 6) is 0. The lowest BCUT2D eigenvalue weighted by atomic mass is 9.96. The summed E-state index contributed by atoms with van der Waals surface area (Å²) in [6.07, 6.45) is 0. The van der Waals surface area contributed by atoms with E-state index in [1.54, 1.807) is 6.07 Å². The average molecular weight is 255 g/mol. The van der Waals surface area contributed by atoms with Crippen molar-refractivity contribution in [3.63, 3.8) is 0 Å². The minimum atomic E-state index is 0.592. The first kappa shape index (κ1) is 11.3. The van der Waals surface area contributed by atoms with E-state index in [9.17, 15) is 0 Å². The third-order valence-electron chi connectivity index (χ3n) is 3.28. The van der Waals surface area contributed by atoms with E-state index in [-0.39, 0.29) is 0 Å². The van der Waals surface area contributed by atoms with Crippen molar-refractivity contribution in [3.8, 4) is 17.2 Å². The number of nitriles is 1. The van der Waals surface area contributed by atoms with E-state index in [1.165, 1.54) is 11.1 Å². The highest BCUT2D eigenvalue weighted by molar-refractivity contribution is 6.33. The van der Waals surface area contributed by atoms with Crippen molar-refractivity contribution in [1.29, 1.82) is 5.26 Å². The van der Waals surface area contributed by atoms with Crippen LogP contribution in [0.2, 0.25) is 5.02 Å².